The topological polar surface area (TPSA) is 69.6 Å². The lowest BCUT2D eigenvalue weighted by molar-refractivity contribution is -0.140. The molecule has 0 heterocycles. The average molecular weight is 188 g/mol. The summed E-state index contributed by atoms with van der Waals surface area (Å²) in [5.41, 5.74) is 0. The quantitative estimate of drug-likeness (QED) is 0.672. The lowest BCUT2D eigenvalue weighted by atomic mass is 10.1. The van der Waals surface area contributed by atoms with E-state index in [-0.39, 0.29) is 11.9 Å². The molecule has 0 spiro atoms. The molecule has 0 aromatic rings. The van der Waals surface area contributed by atoms with Gasteiger partial charge >= 0.3 is 12.0 Å². The second kappa shape index (κ2) is 4.69. The molecule has 5 heteroatoms. The number of carboxylic acid groups (broad SMARTS) is 1. The Hall–Kier alpha value is -1.26. The van der Waals surface area contributed by atoms with E-state index in [4.69, 9.17) is 5.11 Å². The first-order chi connectivity index (χ1) is 5.86. The van der Waals surface area contributed by atoms with E-state index in [2.05, 4.69) is 5.32 Å². The zero-order valence-corrected chi connectivity index (χ0v) is 8.37. The molecule has 0 aliphatic carbocycles. The molecule has 5 nitrogen and oxygen atoms in total. The van der Waals surface area contributed by atoms with Crippen molar-refractivity contribution in [2.75, 3.05) is 14.1 Å². The maximum Gasteiger partial charge on any atom is 0.326 e. The molecular formula is C8H16N2O3. The number of carbonyl (C=O) groups is 2. The molecular weight excluding hydrogens is 172 g/mol. The highest BCUT2D eigenvalue weighted by Crippen LogP contribution is 2.01. The number of carboxylic acids is 1. The molecule has 0 saturated carbocycles. The van der Waals surface area contributed by atoms with Crippen LogP contribution in [0.3, 0.4) is 0 Å². The molecule has 0 unspecified atom stereocenters. The fraction of sp³-hybridized carbons (Fsp3) is 0.750. The highest BCUT2D eigenvalue weighted by molar-refractivity contribution is 5.82. The summed E-state index contributed by atoms with van der Waals surface area (Å²) in [6, 6.07) is -1.21. The molecule has 0 radical (unpaired) electrons. The van der Waals surface area contributed by atoms with E-state index in [1.54, 1.807) is 27.9 Å². The lowest BCUT2D eigenvalue weighted by Gasteiger charge is -2.20. The first-order valence-corrected chi connectivity index (χ1v) is 4.07. The Morgan fingerprint density at radius 3 is 2.00 bits per heavy atom. The largest absolute Gasteiger partial charge is 0.480 e. The van der Waals surface area contributed by atoms with Crippen molar-refractivity contribution >= 4 is 12.0 Å². The number of rotatable bonds is 3. The third-order valence-corrected chi connectivity index (χ3v) is 1.62. The van der Waals surface area contributed by atoms with E-state index in [0.717, 1.165) is 0 Å². The smallest absolute Gasteiger partial charge is 0.326 e. The Labute approximate surface area is 77.7 Å². The van der Waals surface area contributed by atoms with Crippen LogP contribution in [0.25, 0.3) is 0 Å². The van der Waals surface area contributed by atoms with Gasteiger partial charge in [-0.05, 0) is 5.92 Å². The van der Waals surface area contributed by atoms with Crippen LogP contribution in [-0.2, 0) is 4.79 Å². The van der Waals surface area contributed by atoms with Crippen LogP contribution >= 0.6 is 0 Å². The number of carbonyl (C=O) groups excluding carboxylic acids is 1. The van der Waals surface area contributed by atoms with Crippen molar-refractivity contribution in [1.82, 2.24) is 10.2 Å². The number of urea groups is 1. The van der Waals surface area contributed by atoms with Gasteiger partial charge in [-0.25, -0.2) is 9.59 Å². The number of nitrogens with one attached hydrogen (secondary N) is 1. The molecule has 0 aromatic carbocycles. The second-order valence-corrected chi connectivity index (χ2v) is 3.40. The Balaban J connectivity index is 4.27. The number of hydrogen-bond acceptors (Lipinski definition) is 2. The minimum atomic E-state index is -1.01. The Kier molecular flexibility index (Phi) is 4.23. The van der Waals surface area contributed by atoms with Crippen LogP contribution in [0, 0.1) is 5.92 Å². The van der Waals surface area contributed by atoms with Crippen molar-refractivity contribution < 1.29 is 14.7 Å². The summed E-state index contributed by atoms with van der Waals surface area (Å²) in [7, 11) is 3.13. The van der Waals surface area contributed by atoms with E-state index in [0.29, 0.717) is 0 Å². The first-order valence-electron chi connectivity index (χ1n) is 4.07. The number of nitrogens with zero attached hydrogens (tertiary/aromatic N) is 1. The minimum Gasteiger partial charge on any atom is -0.480 e. The van der Waals surface area contributed by atoms with Gasteiger partial charge in [0.25, 0.3) is 0 Å². The zero-order chi connectivity index (χ0) is 10.6. The van der Waals surface area contributed by atoms with Gasteiger partial charge in [0.2, 0.25) is 0 Å². The van der Waals surface area contributed by atoms with Gasteiger partial charge in [-0.1, -0.05) is 13.8 Å². The fourth-order valence-electron chi connectivity index (χ4n) is 0.776. The first kappa shape index (κ1) is 11.7. The lowest BCUT2D eigenvalue weighted by Crippen LogP contribution is -2.48. The number of hydrogen-bond donors (Lipinski definition) is 2. The van der Waals surface area contributed by atoms with Crippen LogP contribution in [0.15, 0.2) is 0 Å². The summed E-state index contributed by atoms with van der Waals surface area (Å²) in [6.07, 6.45) is 0. The maximum atomic E-state index is 11.1. The van der Waals surface area contributed by atoms with E-state index >= 15 is 0 Å². The van der Waals surface area contributed by atoms with Gasteiger partial charge in [-0.2, -0.15) is 0 Å². The van der Waals surface area contributed by atoms with Crippen LogP contribution < -0.4 is 5.32 Å². The summed E-state index contributed by atoms with van der Waals surface area (Å²) in [5.74, 6) is -1.13. The molecule has 0 aliphatic rings. The zero-order valence-electron chi connectivity index (χ0n) is 8.37. The summed E-state index contributed by atoms with van der Waals surface area (Å²) in [5, 5.41) is 11.1. The van der Waals surface area contributed by atoms with Crippen molar-refractivity contribution in [3.05, 3.63) is 0 Å². The molecule has 0 aliphatic heterocycles. The SMILES string of the molecule is CC(C)[C@H](NC(=O)N(C)C)C(=O)O. The number of aliphatic carboxylic acids is 1. The molecule has 0 aromatic heterocycles. The molecule has 0 rings (SSSR count). The van der Waals surface area contributed by atoms with Crippen LogP contribution in [0.5, 0.6) is 0 Å². The summed E-state index contributed by atoms with van der Waals surface area (Å²) >= 11 is 0. The molecule has 2 amide bonds. The molecule has 0 bridgehead atoms. The third kappa shape index (κ3) is 3.78. The predicted molar refractivity (Wildman–Crippen MR) is 48.5 cm³/mol. The molecule has 0 fully saturated rings. The van der Waals surface area contributed by atoms with Crippen LogP contribution in [0.1, 0.15) is 13.8 Å². The van der Waals surface area contributed by atoms with Crippen LogP contribution in [0.2, 0.25) is 0 Å². The molecule has 13 heavy (non-hydrogen) atoms. The van der Waals surface area contributed by atoms with E-state index in [9.17, 15) is 9.59 Å². The van der Waals surface area contributed by atoms with Gasteiger partial charge in [0.05, 0.1) is 0 Å². The van der Waals surface area contributed by atoms with Crippen molar-refractivity contribution in [2.24, 2.45) is 5.92 Å². The number of amides is 2. The summed E-state index contributed by atoms with van der Waals surface area (Å²) < 4.78 is 0. The summed E-state index contributed by atoms with van der Waals surface area (Å²) in [4.78, 5) is 23.1. The van der Waals surface area contributed by atoms with Crippen molar-refractivity contribution in [3.8, 4) is 0 Å². The van der Waals surface area contributed by atoms with E-state index in [1.165, 1.54) is 4.90 Å². The summed E-state index contributed by atoms with van der Waals surface area (Å²) in [6.45, 7) is 3.49. The monoisotopic (exact) mass is 188 g/mol. The van der Waals surface area contributed by atoms with E-state index < -0.39 is 12.0 Å². The predicted octanol–water partition coefficient (Wildman–Crippen LogP) is 0.367. The average Bonchev–Trinajstić information content (AvgIpc) is 1.97. The van der Waals surface area contributed by atoms with Crippen molar-refractivity contribution in [3.63, 3.8) is 0 Å². The van der Waals surface area contributed by atoms with Gasteiger partial charge in [0, 0.05) is 14.1 Å². The van der Waals surface area contributed by atoms with E-state index in [1.807, 2.05) is 0 Å². The second-order valence-electron chi connectivity index (χ2n) is 3.40. The third-order valence-electron chi connectivity index (χ3n) is 1.62. The minimum absolute atomic E-state index is 0.124. The van der Waals surface area contributed by atoms with Gasteiger partial charge in [0.15, 0.2) is 0 Å². The Morgan fingerprint density at radius 2 is 1.77 bits per heavy atom. The molecule has 2 N–H and O–H groups in total. The Bertz CT molecular complexity index is 202. The van der Waals surface area contributed by atoms with Crippen molar-refractivity contribution in [1.29, 1.82) is 0 Å². The Morgan fingerprint density at radius 1 is 1.31 bits per heavy atom. The normalized spacial score (nSPS) is 12.4. The molecule has 76 valence electrons. The highest BCUT2D eigenvalue weighted by atomic mass is 16.4. The standard InChI is InChI=1S/C8H16N2O3/c1-5(2)6(7(11)12)9-8(13)10(3)4/h5-6H,1-4H3,(H,9,13)(H,11,12)/t6-/m0/s1. The van der Waals surface area contributed by atoms with Gasteiger partial charge in [0.1, 0.15) is 6.04 Å². The molecule has 0 saturated heterocycles. The molecule has 1 atom stereocenters. The van der Waals surface area contributed by atoms with Gasteiger partial charge in [-0.3, -0.25) is 0 Å². The van der Waals surface area contributed by atoms with Crippen LogP contribution in [-0.4, -0.2) is 42.1 Å². The highest BCUT2D eigenvalue weighted by Gasteiger charge is 2.23. The van der Waals surface area contributed by atoms with Gasteiger partial charge < -0.3 is 15.3 Å². The fourth-order valence-corrected chi connectivity index (χ4v) is 0.776. The van der Waals surface area contributed by atoms with Crippen molar-refractivity contribution in [2.45, 2.75) is 19.9 Å². The van der Waals surface area contributed by atoms with Crippen LogP contribution in [0.4, 0.5) is 4.79 Å². The van der Waals surface area contributed by atoms with Gasteiger partial charge in [-0.15, -0.1) is 0 Å². The maximum absolute atomic E-state index is 11.1.